The van der Waals surface area contributed by atoms with E-state index in [1.54, 1.807) is 23.1 Å². The lowest BCUT2D eigenvalue weighted by Crippen LogP contribution is -2.42. The van der Waals surface area contributed by atoms with Crippen molar-refractivity contribution >= 4 is 23.5 Å². The Labute approximate surface area is 141 Å². The molecule has 1 fully saturated rings. The van der Waals surface area contributed by atoms with Crippen LogP contribution in [0.1, 0.15) is 31.2 Å². The lowest BCUT2D eigenvalue weighted by Gasteiger charge is -2.32. The summed E-state index contributed by atoms with van der Waals surface area (Å²) < 4.78 is 5.60. The molecule has 1 saturated heterocycles. The van der Waals surface area contributed by atoms with E-state index in [-0.39, 0.29) is 24.9 Å². The van der Waals surface area contributed by atoms with Gasteiger partial charge in [0.15, 0.2) is 6.61 Å². The highest BCUT2D eigenvalue weighted by atomic mass is 35.5. The Kier molecular flexibility index (Phi) is 6.28. The van der Waals surface area contributed by atoms with Crippen molar-refractivity contribution < 1.29 is 19.4 Å². The number of likely N-dealkylation sites (tertiary alicyclic amines) is 1. The maximum Gasteiger partial charge on any atom is 0.303 e. The first-order valence-electron chi connectivity index (χ1n) is 7.84. The molecule has 5 nitrogen and oxygen atoms in total. The molecule has 1 aromatic rings. The van der Waals surface area contributed by atoms with Gasteiger partial charge in [-0.25, -0.2) is 0 Å². The fraction of sp³-hybridized carbons (Fsp3) is 0.529. The second-order valence-corrected chi connectivity index (χ2v) is 6.42. The first-order chi connectivity index (χ1) is 11.0. The predicted octanol–water partition coefficient (Wildman–Crippen LogP) is 3.13. The van der Waals surface area contributed by atoms with E-state index in [0.717, 1.165) is 18.4 Å². The summed E-state index contributed by atoms with van der Waals surface area (Å²) in [5, 5.41) is 9.40. The minimum Gasteiger partial charge on any atom is -0.483 e. The molecule has 1 aromatic carbocycles. The summed E-state index contributed by atoms with van der Waals surface area (Å²) >= 11 is 5.90. The molecular weight excluding hydrogens is 318 g/mol. The van der Waals surface area contributed by atoms with E-state index in [2.05, 4.69) is 0 Å². The van der Waals surface area contributed by atoms with Crippen LogP contribution in [-0.2, 0) is 9.59 Å². The second-order valence-electron chi connectivity index (χ2n) is 5.98. The van der Waals surface area contributed by atoms with Crippen LogP contribution in [0.4, 0.5) is 0 Å². The molecule has 0 bridgehead atoms. The van der Waals surface area contributed by atoms with Crippen molar-refractivity contribution in [1.82, 2.24) is 4.90 Å². The number of aliphatic carboxylic acids is 1. The number of halogens is 1. The van der Waals surface area contributed by atoms with E-state index in [4.69, 9.17) is 21.4 Å². The van der Waals surface area contributed by atoms with Gasteiger partial charge in [0, 0.05) is 24.5 Å². The average molecular weight is 340 g/mol. The van der Waals surface area contributed by atoms with Crippen LogP contribution in [0.5, 0.6) is 5.75 Å². The largest absolute Gasteiger partial charge is 0.483 e. The van der Waals surface area contributed by atoms with Crippen molar-refractivity contribution in [1.29, 1.82) is 0 Å². The van der Waals surface area contributed by atoms with Crippen molar-refractivity contribution in [2.24, 2.45) is 5.92 Å². The van der Waals surface area contributed by atoms with Crippen LogP contribution in [0, 0.1) is 12.8 Å². The first kappa shape index (κ1) is 17.6. The van der Waals surface area contributed by atoms with Crippen LogP contribution >= 0.6 is 11.6 Å². The van der Waals surface area contributed by atoms with Crippen LogP contribution < -0.4 is 4.74 Å². The van der Waals surface area contributed by atoms with E-state index >= 15 is 0 Å². The van der Waals surface area contributed by atoms with Gasteiger partial charge in [0.1, 0.15) is 5.75 Å². The van der Waals surface area contributed by atoms with Gasteiger partial charge in [-0.2, -0.15) is 0 Å². The molecule has 1 heterocycles. The van der Waals surface area contributed by atoms with Gasteiger partial charge in [0.2, 0.25) is 0 Å². The molecule has 1 aliphatic rings. The highest BCUT2D eigenvalue weighted by Crippen LogP contribution is 2.23. The third-order valence-electron chi connectivity index (χ3n) is 4.13. The van der Waals surface area contributed by atoms with Gasteiger partial charge in [-0.3, -0.25) is 9.59 Å². The number of hydrogen-bond donors (Lipinski definition) is 1. The molecule has 0 aromatic heterocycles. The van der Waals surface area contributed by atoms with Crippen molar-refractivity contribution in [2.45, 2.75) is 32.6 Å². The molecule has 6 heteroatoms. The van der Waals surface area contributed by atoms with Gasteiger partial charge in [0.25, 0.3) is 5.91 Å². The fourth-order valence-electron chi connectivity index (χ4n) is 2.86. The van der Waals surface area contributed by atoms with Crippen molar-refractivity contribution in [2.75, 3.05) is 19.7 Å². The summed E-state index contributed by atoms with van der Waals surface area (Å²) in [6, 6.07) is 5.29. The number of nitrogens with zero attached hydrogens (tertiary/aromatic N) is 1. The molecule has 1 atom stereocenters. The highest BCUT2D eigenvalue weighted by molar-refractivity contribution is 6.30. The number of carbonyl (C=O) groups excluding carboxylic acids is 1. The van der Waals surface area contributed by atoms with Gasteiger partial charge in [0.05, 0.1) is 0 Å². The van der Waals surface area contributed by atoms with Gasteiger partial charge in [-0.05, 0) is 55.9 Å². The number of amides is 1. The monoisotopic (exact) mass is 339 g/mol. The molecule has 1 N–H and O–H groups in total. The Morgan fingerprint density at radius 2 is 2.22 bits per heavy atom. The number of benzene rings is 1. The van der Waals surface area contributed by atoms with E-state index in [1.165, 1.54) is 0 Å². The van der Waals surface area contributed by atoms with Crippen LogP contribution in [-0.4, -0.2) is 41.6 Å². The Balaban J connectivity index is 1.83. The average Bonchev–Trinajstić information content (AvgIpc) is 2.52. The molecule has 0 spiro atoms. The standard InChI is InChI=1S/C17H22ClNO4/c1-12-9-14(18)5-6-15(12)23-11-16(20)19-8-2-3-13(10-19)4-7-17(21)22/h5-6,9,13H,2-4,7-8,10-11H2,1H3,(H,21,22). The predicted molar refractivity (Wildman–Crippen MR) is 87.9 cm³/mol. The molecule has 0 radical (unpaired) electrons. The highest BCUT2D eigenvalue weighted by Gasteiger charge is 2.24. The van der Waals surface area contributed by atoms with Gasteiger partial charge in [-0.1, -0.05) is 11.6 Å². The van der Waals surface area contributed by atoms with Crippen LogP contribution in [0.15, 0.2) is 18.2 Å². The van der Waals surface area contributed by atoms with Crippen molar-refractivity contribution in [3.05, 3.63) is 28.8 Å². The molecule has 1 aliphatic heterocycles. The van der Waals surface area contributed by atoms with Gasteiger partial charge < -0.3 is 14.7 Å². The third-order valence-corrected chi connectivity index (χ3v) is 4.36. The van der Waals surface area contributed by atoms with Crippen LogP contribution in [0.25, 0.3) is 0 Å². The van der Waals surface area contributed by atoms with Crippen LogP contribution in [0.2, 0.25) is 5.02 Å². The van der Waals surface area contributed by atoms with Gasteiger partial charge in [-0.15, -0.1) is 0 Å². The van der Waals surface area contributed by atoms with Crippen molar-refractivity contribution in [3.63, 3.8) is 0 Å². The lowest BCUT2D eigenvalue weighted by atomic mass is 9.93. The zero-order valence-corrected chi connectivity index (χ0v) is 14.0. The number of rotatable bonds is 6. The number of hydrogen-bond acceptors (Lipinski definition) is 3. The summed E-state index contributed by atoms with van der Waals surface area (Å²) in [7, 11) is 0. The second kappa shape index (κ2) is 8.20. The first-order valence-corrected chi connectivity index (χ1v) is 8.22. The van der Waals surface area contributed by atoms with E-state index < -0.39 is 5.97 Å². The molecule has 126 valence electrons. The zero-order valence-electron chi connectivity index (χ0n) is 13.3. The van der Waals surface area contributed by atoms with E-state index in [1.807, 2.05) is 6.92 Å². The Morgan fingerprint density at radius 3 is 2.91 bits per heavy atom. The van der Waals surface area contributed by atoms with Crippen molar-refractivity contribution in [3.8, 4) is 5.75 Å². The molecule has 1 amide bonds. The molecule has 2 rings (SSSR count). The molecule has 1 unspecified atom stereocenters. The maximum atomic E-state index is 12.3. The SMILES string of the molecule is Cc1cc(Cl)ccc1OCC(=O)N1CCCC(CCC(=O)O)C1. The lowest BCUT2D eigenvalue weighted by molar-refractivity contribution is -0.137. The molecular formula is C17H22ClNO4. The minimum atomic E-state index is -0.782. The normalized spacial score (nSPS) is 17.8. The minimum absolute atomic E-state index is 0.00583. The van der Waals surface area contributed by atoms with Gasteiger partial charge >= 0.3 is 5.97 Å². The fourth-order valence-corrected chi connectivity index (χ4v) is 3.09. The summed E-state index contributed by atoms with van der Waals surface area (Å²) in [4.78, 5) is 24.7. The number of ether oxygens (including phenoxy) is 1. The Morgan fingerprint density at radius 1 is 1.43 bits per heavy atom. The topological polar surface area (TPSA) is 66.8 Å². The Bertz CT molecular complexity index is 576. The van der Waals surface area contributed by atoms with Crippen LogP contribution in [0.3, 0.4) is 0 Å². The third kappa shape index (κ3) is 5.43. The summed E-state index contributed by atoms with van der Waals surface area (Å²) in [6.45, 7) is 3.21. The number of carboxylic acids is 1. The Hall–Kier alpha value is -1.75. The summed E-state index contributed by atoms with van der Waals surface area (Å²) in [5.41, 5.74) is 0.892. The number of carboxylic acid groups (broad SMARTS) is 1. The molecule has 0 aliphatic carbocycles. The zero-order chi connectivity index (χ0) is 16.8. The molecule has 0 saturated carbocycles. The number of carbonyl (C=O) groups is 2. The number of aryl methyl sites for hydroxylation is 1. The number of piperidine rings is 1. The van der Waals surface area contributed by atoms with E-state index in [9.17, 15) is 9.59 Å². The summed E-state index contributed by atoms with van der Waals surface area (Å²) in [6.07, 6.45) is 2.67. The maximum absolute atomic E-state index is 12.3. The van der Waals surface area contributed by atoms with E-state index in [0.29, 0.717) is 30.3 Å². The smallest absolute Gasteiger partial charge is 0.303 e. The quantitative estimate of drug-likeness (QED) is 0.864. The summed E-state index contributed by atoms with van der Waals surface area (Å²) in [5.74, 6) is 0.0811. The molecule has 23 heavy (non-hydrogen) atoms.